The number of carbonyl (C=O) groups is 1. The van der Waals surface area contributed by atoms with Crippen molar-refractivity contribution in [1.29, 1.82) is 0 Å². The van der Waals surface area contributed by atoms with Crippen LogP contribution in [0.25, 0.3) is 0 Å². The molecule has 4 aliphatic carbocycles. The fraction of sp³-hybridized carbons (Fsp3) is 0.971. The third-order valence-electron chi connectivity index (χ3n) is 14.0. The third kappa shape index (κ3) is 4.45. The van der Waals surface area contributed by atoms with Gasteiger partial charge in [0.25, 0.3) is 0 Å². The molecule has 0 aromatic heterocycles. The molecule has 0 radical (unpaired) electrons. The van der Waals surface area contributed by atoms with Crippen LogP contribution in [0.5, 0.6) is 0 Å². The lowest BCUT2D eigenvalue weighted by molar-refractivity contribution is -0.245. The molecule has 0 amide bonds. The van der Waals surface area contributed by atoms with Gasteiger partial charge in [-0.1, -0.05) is 54.9 Å². The van der Waals surface area contributed by atoms with Gasteiger partial charge >= 0.3 is 5.97 Å². The summed E-state index contributed by atoms with van der Waals surface area (Å²) in [6.07, 6.45) is 13.7. The molecule has 1 saturated heterocycles. The van der Waals surface area contributed by atoms with Crippen molar-refractivity contribution in [2.75, 3.05) is 13.9 Å². The molecule has 10 atom stereocenters. The molecule has 1 aliphatic heterocycles. The number of rotatable bonds is 7. The highest BCUT2D eigenvalue weighted by molar-refractivity contribution is 5.66. The minimum atomic E-state index is -0.161. The largest absolute Gasteiger partial charge is 0.462 e. The molecule has 5 heteroatoms. The number of methoxy groups -OCH3 is 1. The Morgan fingerprint density at radius 1 is 0.950 bits per heavy atom. The molecule has 0 aromatic carbocycles. The summed E-state index contributed by atoms with van der Waals surface area (Å²) in [5, 5.41) is 0. The van der Waals surface area contributed by atoms with E-state index in [1.807, 2.05) is 0 Å². The van der Waals surface area contributed by atoms with Crippen LogP contribution in [0.15, 0.2) is 0 Å². The molecule has 40 heavy (non-hydrogen) atoms. The summed E-state index contributed by atoms with van der Waals surface area (Å²) >= 11 is 0. The highest BCUT2D eigenvalue weighted by Gasteiger charge is 2.77. The quantitative estimate of drug-likeness (QED) is 0.231. The van der Waals surface area contributed by atoms with Crippen LogP contribution in [0.4, 0.5) is 0 Å². The van der Waals surface area contributed by atoms with Crippen molar-refractivity contribution in [3.05, 3.63) is 0 Å². The van der Waals surface area contributed by atoms with Crippen molar-refractivity contribution in [1.82, 2.24) is 0 Å². The molecule has 5 nitrogen and oxygen atoms in total. The van der Waals surface area contributed by atoms with Crippen molar-refractivity contribution >= 4 is 5.97 Å². The zero-order chi connectivity index (χ0) is 29.4. The Labute approximate surface area is 245 Å². The van der Waals surface area contributed by atoms with E-state index in [0.717, 1.165) is 25.7 Å². The highest BCUT2D eigenvalue weighted by Crippen LogP contribution is 2.84. The van der Waals surface area contributed by atoms with Crippen molar-refractivity contribution in [2.24, 2.45) is 44.8 Å². The van der Waals surface area contributed by atoms with E-state index in [1.165, 1.54) is 44.9 Å². The first-order valence-electron chi connectivity index (χ1n) is 16.6. The van der Waals surface area contributed by atoms with E-state index in [1.54, 1.807) is 14.0 Å². The summed E-state index contributed by atoms with van der Waals surface area (Å²) in [5.74, 6) is 1.37. The van der Waals surface area contributed by atoms with Crippen LogP contribution in [-0.2, 0) is 23.7 Å². The smallest absolute Gasteiger partial charge is 0.302 e. The standard InChI is InChI=1S/C35H60O5/c1-11-27-30(5,6)28(39-24(4)36)14-17-35(27)21-34(35)19-18-32(8)29(33(9)16-13-25(40-33)23(2)3)26(38-22-37-10)12-15-31(32,7)20-34/h23,25-29H,11-22H2,1-10H3/t25?,26?,27?,28?,29?,31-,32?,33?,34?,35?/m0/s1. The molecule has 0 aromatic rings. The molecule has 2 spiro atoms. The SMILES string of the molecule is CCC1C(C)(C)C(OC(C)=O)CCC12CC21CCC2(C)C(C3(C)CCC(C(C)C)O3)C(OCOC)CC[C@@]2(C)C1. The first-order chi connectivity index (χ1) is 18.6. The first-order valence-corrected chi connectivity index (χ1v) is 16.6. The van der Waals surface area contributed by atoms with Gasteiger partial charge < -0.3 is 18.9 Å². The van der Waals surface area contributed by atoms with Gasteiger partial charge in [-0.2, -0.15) is 0 Å². The highest BCUT2D eigenvalue weighted by atomic mass is 16.7. The zero-order valence-corrected chi connectivity index (χ0v) is 27.5. The molecule has 0 N–H and O–H groups in total. The van der Waals surface area contributed by atoms with E-state index in [9.17, 15) is 4.79 Å². The Kier molecular flexibility index (Phi) is 7.87. The van der Waals surface area contributed by atoms with Crippen molar-refractivity contribution in [2.45, 2.75) is 157 Å². The molecule has 230 valence electrons. The van der Waals surface area contributed by atoms with Crippen molar-refractivity contribution < 1.29 is 23.7 Å². The summed E-state index contributed by atoms with van der Waals surface area (Å²) in [5.41, 5.74) is 1.07. The number of esters is 1. The zero-order valence-electron chi connectivity index (χ0n) is 27.5. The van der Waals surface area contributed by atoms with Gasteiger partial charge in [-0.15, -0.1) is 0 Å². The molecule has 4 saturated carbocycles. The van der Waals surface area contributed by atoms with Gasteiger partial charge in [-0.25, -0.2) is 0 Å². The van der Waals surface area contributed by atoms with Gasteiger partial charge in [-0.05, 0) is 105 Å². The molecule has 0 bridgehead atoms. The predicted molar refractivity (Wildman–Crippen MR) is 159 cm³/mol. The van der Waals surface area contributed by atoms with Gasteiger partial charge in [0, 0.05) is 25.4 Å². The number of hydrogen-bond acceptors (Lipinski definition) is 5. The number of ether oxygens (including phenoxy) is 4. The number of hydrogen-bond donors (Lipinski definition) is 0. The van der Waals surface area contributed by atoms with Crippen molar-refractivity contribution in [3.63, 3.8) is 0 Å². The number of fused-ring (bicyclic) bond motifs is 2. The molecule has 1 heterocycles. The second-order valence-electron chi connectivity index (χ2n) is 16.6. The molecular weight excluding hydrogens is 500 g/mol. The van der Waals surface area contributed by atoms with Gasteiger partial charge in [0.05, 0.1) is 17.8 Å². The van der Waals surface area contributed by atoms with Gasteiger partial charge in [0.2, 0.25) is 0 Å². The fourth-order valence-electron chi connectivity index (χ4n) is 12.0. The molecular formula is C35H60O5. The summed E-state index contributed by atoms with van der Waals surface area (Å²) in [6.45, 7) is 21.3. The van der Waals surface area contributed by atoms with Gasteiger partial charge in [-0.3, -0.25) is 4.79 Å². The lowest BCUT2D eigenvalue weighted by atomic mass is 9.41. The Morgan fingerprint density at radius 2 is 1.68 bits per heavy atom. The second kappa shape index (κ2) is 10.2. The van der Waals surface area contributed by atoms with Crippen molar-refractivity contribution in [3.8, 4) is 0 Å². The average Bonchev–Trinajstić information content (AvgIpc) is 3.24. The minimum absolute atomic E-state index is 0.00896. The van der Waals surface area contributed by atoms with Crippen LogP contribution in [0, 0.1) is 44.8 Å². The van der Waals surface area contributed by atoms with Crippen LogP contribution in [-0.4, -0.2) is 43.8 Å². The Balaban J connectivity index is 1.45. The molecule has 5 rings (SSSR count). The first kappa shape index (κ1) is 30.8. The fourth-order valence-corrected chi connectivity index (χ4v) is 12.0. The maximum absolute atomic E-state index is 12.0. The van der Waals surface area contributed by atoms with Gasteiger partial charge in [0.1, 0.15) is 12.9 Å². The summed E-state index contributed by atoms with van der Waals surface area (Å²) < 4.78 is 24.9. The van der Waals surface area contributed by atoms with E-state index in [4.69, 9.17) is 18.9 Å². The van der Waals surface area contributed by atoms with E-state index in [0.29, 0.717) is 41.5 Å². The van der Waals surface area contributed by atoms with Crippen LogP contribution < -0.4 is 0 Å². The molecule has 5 fully saturated rings. The lowest BCUT2D eigenvalue weighted by Crippen LogP contribution is -2.63. The summed E-state index contributed by atoms with van der Waals surface area (Å²) in [6, 6.07) is 0. The van der Waals surface area contributed by atoms with E-state index in [2.05, 4.69) is 55.4 Å². The lowest BCUT2D eigenvalue weighted by Gasteiger charge is -2.65. The van der Waals surface area contributed by atoms with Crippen LogP contribution in [0.3, 0.4) is 0 Å². The Hall–Kier alpha value is -0.650. The van der Waals surface area contributed by atoms with E-state index >= 15 is 0 Å². The second-order valence-corrected chi connectivity index (χ2v) is 16.6. The monoisotopic (exact) mass is 560 g/mol. The Bertz CT molecular complexity index is 961. The summed E-state index contributed by atoms with van der Waals surface area (Å²) in [7, 11) is 1.74. The maximum atomic E-state index is 12.0. The maximum Gasteiger partial charge on any atom is 0.302 e. The van der Waals surface area contributed by atoms with E-state index in [-0.39, 0.29) is 40.0 Å². The van der Waals surface area contributed by atoms with Gasteiger partial charge in [0.15, 0.2) is 0 Å². The Morgan fingerprint density at radius 3 is 2.27 bits per heavy atom. The minimum Gasteiger partial charge on any atom is -0.462 e. The average molecular weight is 561 g/mol. The van der Waals surface area contributed by atoms with Crippen LogP contribution in [0.2, 0.25) is 0 Å². The summed E-state index contributed by atoms with van der Waals surface area (Å²) in [4.78, 5) is 12.0. The third-order valence-corrected chi connectivity index (χ3v) is 14.0. The van der Waals surface area contributed by atoms with Crippen LogP contribution in [0.1, 0.15) is 133 Å². The molecule has 5 aliphatic rings. The van der Waals surface area contributed by atoms with E-state index < -0.39 is 0 Å². The topological polar surface area (TPSA) is 54.0 Å². The normalized spacial score (nSPS) is 49.8. The van der Waals surface area contributed by atoms with Crippen LogP contribution >= 0.6 is 0 Å². The molecule has 9 unspecified atom stereocenters. The number of carbonyl (C=O) groups excluding carboxylic acids is 1. The predicted octanol–water partition coefficient (Wildman–Crippen LogP) is 8.33.